The van der Waals surface area contributed by atoms with E-state index in [1.165, 1.54) is 11.6 Å². The van der Waals surface area contributed by atoms with Crippen molar-refractivity contribution >= 4 is 5.69 Å². The summed E-state index contributed by atoms with van der Waals surface area (Å²) in [5, 5.41) is 3.29. The molecule has 0 radical (unpaired) electrons. The van der Waals surface area contributed by atoms with Crippen molar-refractivity contribution in [2.45, 2.75) is 6.04 Å². The van der Waals surface area contributed by atoms with Crippen LogP contribution in [-0.4, -0.2) is 27.7 Å². The van der Waals surface area contributed by atoms with Crippen molar-refractivity contribution < 1.29 is 9.13 Å². The van der Waals surface area contributed by atoms with E-state index in [1.807, 2.05) is 49.3 Å². The molecule has 0 saturated heterocycles. The van der Waals surface area contributed by atoms with Crippen LogP contribution >= 0.6 is 0 Å². The highest BCUT2D eigenvalue weighted by atomic mass is 19.1. The van der Waals surface area contributed by atoms with E-state index in [2.05, 4.69) is 5.32 Å². The molecule has 0 aromatic heterocycles. The third kappa shape index (κ3) is 3.95. The van der Waals surface area contributed by atoms with Gasteiger partial charge in [0, 0.05) is 25.3 Å². The summed E-state index contributed by atoms with van der Waals surface area (Å²) in [6, 6.07) is 14.8. The smallest absolute Gasteiger partial charge is 0.125 e. The number of benzene rings is 2. The topological polar surface area (TPSA) is 24.5 Å². The zero-order valence-electron chi connectivity index (χ0n) is 12.6. The third-order valence-corrected chi connectivity index (χ3v) is 3.57. The van der Waals surface area contributed by atoms with Crippen LogP contribution in [0.1, 0.15) is 11.6 Å². The average molecular weight is 288 g/mol. The standard InChI is InChI=1S/C17H21FN2O/c1-19-17(13-7-9-16(21-3)10-8-13)12-20(2)15-6-4-5-14(18)11-15/h4-11,17,19H,12H2,1-3H3. The van der Waals surface area contributed by atoms with Crippen LogP contribution in [0.25, 0.3) is 0 Å². The Morgan fingerprint density at radius 3 is 2.48 bits per heavy atom. The summed E-state index contributed by atoms with van der Waals surface area (Å²) in [5.74, 6) is 0.622. The largest absolute Gasteiger partial charge is 0.497 e. The molecule has 0 aliphatic carbocycles. The van der Waals surface area contributed by atoms with Gasteiger partial charge >= 0.3 is 0 Å². The first kappa shape index (κ1) is 15.3. The fourth-order valence-corrected chi connectivity index (χ4v) is 2.29. The fraction of sp³-hybridized carbons (Fsp3) is 0.294. The van der Waals surface area contributed by atoms with E-state index in [1.54, 1.807) is 19.2 Å². The molecule has 2 aromatic rings. The van der Waals surface area contributed by atoms with Gasteiger partial charge in [0.2, 0.25) is 0 Å². The van der Waals surface area contributed by atoms with Gasteiger partial charge in [0.1, 0.15) is 11.6 Å². The Morgan fingerprint density at radius 1 is 1.19 bits per heavy atom. The van der Waals surface area contributed by atoms with Gasteiger partial charge in [-0.25, -0.2) is 4.39 Å². The van der Waals surface area contributed by atoms with Crippen LogP contribution in [0, 0.1) is 5.82 Å². The molecule has 4 heteroatoms. The van der Waals surface area contributed by atoms with Gasteiger partial charge in [-0.05, 0) is 42.9 Å². The van der Waals surface area contributed by atoms with Gasteiger partial charge in [-0.2, -0.15) is 0 Å². The van der Waals surface area contributed by atoms with E-state index >= 15 is 0 Å². The fourth-order valence-electron chi connectivity index (χ4n) is 2.29. The molecule has 21 heavy (non-hydrogen) atoms. The zero-order valence-corrected chi connectivity index (χ0v) is 12.6. The van der Waals surface area contributed by atoms with E-state index in [4.69, 9.17) is 4.74 Å². The first-order valence-electron chi connectivity index (χ1n) is 6.92. The van der Waals surface area contributed by atoms with Crippen LogP contribution in [-0.2, 0) is 0 Å². The lowest BCUT2D eigenvalue weighted by Crippen LogP contribution is -2.31. The molecular weight excluding hydrogens is 267 g/mol. The van der Waals surface area contributed by atoms with E-state index in [0.29, 0.717) is 0 Å². The van der Waals surface area contributed by atoms with Gasteiger partial charge in [0.15, 0.2) is 0 Å². The quantitative estimate of drug-likeness (QED) is 0.883. The van der Waals surface area contributed by atoms with Crippen LogP contribution in [0.5, 0.6) is 5.75 Å². The number of nitrogens with zero attached hydrogens (tertiary/aromatic N) is 1. The maximum absolute atomic E-state index is 13.3. The normalized spacial score (nSPS) is 12.0. The Bertz CT molecular complexity index is 571. The summed E-state index contributed by atoms with van der Waals surface area (Å²) in [4.78, 5) is 2.04. The first-order chi connectivity index (χ1) is 10.1. The van der Waals surface area contributed by atoms with Crippen molar-refractivity contribution in [3.8, 4) is 5.75 Å². The number of anilines is 1. The first-order valence-corrected chi connectivity index (χ1v) is 6.92. The highest BCUT2D eigenvalue weighted by molar-refractivity contribution is 5.46. The summed E-state index contributed by atoms with van der Waals surface area (Å²) < 4.78 is 18.5. The number of nitrogens with one attached hydrogen (secondary N) is 1. The average Bonchev–Trinajstić information content (AvgIpc) is 2.52. The molecule has 0 aliphatic rings. The van der Waals surface area contributed by atoms with Gasteiger partial charge in [-0.1, -0.05) is 18.2 Å². The molecule has 1 unspecified atom stereocenters. The van der Waals surface area contributed by atoms with Crippen LogP contribution in [0.4, 0.5) is 10.1 Å². The van der Waals surface area contributed by atoms with Crippen LogP contribution in [0.3, 0.4) is 0 Å². The monoisotopic (exact) mass is 288 g/mol. The van der Waals surface area contributed by atoms with Gasteiger partial charge < -0.3 is 15.0 Å². The van der Waals surface area contributed by atoms with Crippen molar-refractivity contribution in [2.24, 2.45) is 0 Å². The highest BCUT2D eigenvalue weighted by Gasteiger charge is 2.13. The minimum Gasteiger partial charge on any atom is -0.497 e. The Kier molecular flexibility index (Phi) is 5.17. The second-order valence-corrected chi connectivity index (χ2v) is 4.97. The SMILES string of the molecule is CNC(CN(C)c1cccc(F)c1)c1ccc(OC)cc1. The van der Waals surface area contributed by atoms with E-state index in [-0.39, 0.29) is 11.9 Å². The Balaban J connectivity index is 2.10. The predicted molar refractivity (Wildman–Crippen MR) is 84.5 cm³/mol. The van der Waals surface area contributed by atoms with E-state index < -0.39 is 0 Å². The summed E-state index contributed by atoms with van der Waals surface area (Å²) in [5.41, 5.74) is 2.03. The molecule has 3 nitrogen and oxygen atoms in total. The summed E-state index contributed by atoms with van der Waals surface area (Å²) in [7, 11) is 5.54. The minimum atomic E-state index is -0.218. The molecule has 0 aliphatic heterocycles. The van der Waals surface area contributed by atoms with E-state index in [9.17, 15) is 4.39 Å². The molecule has 0 saturated carbocycles. The van der Waals surface area contributed by atoms with Crippen molar-refractivity contribution in [2.75, 3.05) is 32.6 Å². The number of halogens is 1. The summed E-state index contributed by atoms with van der Waals surface area (Å²) in [6.07, 6.45) is 0. The van der Waals surface area contributed by atoms with Crippen LogP contribution in [0.15, 0.2) is 48.5 Å². The number of likely N-dealkylation sites (N-methyl/N-ethyl adjacent to an activating group) is 2. The molecule has 0 bridgehead atoms. The van der Waals surface area contributed by atoms with Gasteiger partial charge in [0.05, 0.1) is 7.11 Å². The van der Waals surface area contributed by atoms with Crippen molar-refractivity contribution in [1.29, 1.82) is 0 Å². The molecule has 112 valence electrons. The highest BCUT2D eigenvalue weighted by Crippen LogP contribution is 2.21. The second kappa shape index (κ2) is 7.09. The lowest BCUT2D eigenvalue weighted by Gasteiger charge is -2.26. The van der Waals surface area contributed by atoms with Gasteiger partial charge in [-0.3, -0.25) is 0 Å². The molecule has 1 N–H and O–H groups in total. The number of rotatable bonds is 6. The molecule has 2 rings (SSSR count). The number of methoxy groups -OCH3 is 1. The summed E-state index contributed by atoms with van der Waals surface area (Å²) >= 11 is 0. The maximum Gasteiger partial charge on any atom is 0.125 e. The molecule has 2 aromatic carbocycles. The zero-order chi connectivity index (χ0) is 15.2. The Labute approximate surface area is 125 Å². The van der Waals surface area contributed by atoms with Crippen molar-refractivity contribution in [3.05, 3.63) is 59.9 Å². The van der Waals surface area contributed by atoms with Crippen LogP contribution in [0.2, 0.25) is 0 Å². The predicted octanol–water partition coefficient (Wildman–Crippen LogP) is 3.23. The summed E-state index contributed by atoms with van der Waals surface area (Å²) in [6.45, 7) is 0.742. The lowest BCUT2D eigenvalue weighted by atomic mass is 10.1. The molecule has 0 amide bonds. The minimum absolute atomic E-state index is 0.157. The van der Waals surface area contributed by atoms with Crippen LogP contribution < -0.4 is 15.0 Å². The number of ether oxygens (including phenoxy) is 1. The third-order valence-electron chi connectivity index (χ3n) is 3.57. The molecule has 1 atom stereocenters. The Morgan fingerprint density at radius 2 is 1.90 bits per heavy atom. The van der Waals surface area contributed by atoms with Gasteiger partial charge in [0.25, 0.3) is 0 Å². The van der Waals surface area contributed by atoms with Crippen molar-refractivity contribution in [3.63, 3.8) is 0 Å². The molecule has 0 spiro atoms. The molecule has 0 fully saturated rings. The maximum atomic E-state index is 13.3. The second-order valence-electron chi connectivity index (χ2n) is 4.97. The van der Waals surface area contributed by atoms with Crippen molar-refractivity contribution in [1.82, 2.24) is 5.32 Å². The number of hydrogen-bond acceptors (Lipinski definition) is 3. The number of hydrogen-bond donors (Lipinski definition) is 1. The molecular formula is C17H21FN2O. The van der Waals surface area contributed by atoms with Gasteiger partial charge in [-0.15, -0.1) is 0 Å². The lowest BCUT2D eigenvalue weighted by molar-refractivity contribution is 0.414. The Hall–Kier alpha value is -2.07. The van der Waals surface area contributed by atoms with E-state index in [0.717, 1.165) is 18.0 Å². The molecule has 0 heterocycles.